The van der Waals surface area contributed by atoms with E-state index in [9.17, 15) is 9.59 Å². The summed E-state index contributed by atoms with van der Waals surface area (Å²) in [5, 5.41) is 10.9. The molecule has 2 unspecified atom stereocenters. The van der Waals surface area contributed by atoms with Crippen LogP contribution in [-0.4, -0.2) is 37.0 Å². The van der Waals surface area contributed by atoms with E-state index in [0.29, 0.717) is 4.88 Å². The first kappa shape index (κ1) is 17.9. The van der Waals surface area contributed by atoms with E-state index in [-0.39, 0.29) is 36.2 Å². The van der Waals surface area contributed by atoms with E-state index < -0.39 is 6.04 Å². The minimum absolute atomic E-state index is 0. The van der Waals surface area contributed by atoms with Crippen LogP contribution in [0.4, 0.5) is 0 Å². The van der Waals surface area contributed by atoms with Gasteiger partial charge < -0.3 is 16.0 Å². The number of thiophene rings is 1. The molecule has 0 aliphatic carbocycles. The third-order valence-electron chi connectivity index (χ3n) is 3.39. The molecule has 0 aromatic carbocycles. The molecule has 3 N–H and O–H groups in total. The van der Waals surface area contributed by atoms with E-state index in [0.717, 1.165) is 19.5 Å². The fourth-order valence-corrected chi connectivity index (χ4v) is 2.85. The number of rotatable bonds is 5. The van der Waals surface area contributed by atoms with Crippen LogP contribution in [0.5, 0.6) is 0 Å². The molecule has 1 aromatic rings. The number of hydrogen-bond donors (Lipinski definition) is 3. The van der Waals surface area contributed by atoms with Crippen molar-refractivity contribution in [2.24, 2.45) is 5.92 Å². The minimum Gasteiger partial charge on any atom is -0.350 e. The van der Waals surface area contributed by atoms with Crippen molar-refractivity contribution in [1.29, 1.82) is 0 Å². The van der Waals surface area contributed by atoms with Gasteiger partial charge in [-0.15, -0.1) is 23.7 Å². The van der Waals surface area contributed by atoms with Crippen LogP contribution in [0.15, 0.2) is 17.5 Å². The monoisotopic (exact) mass is 331 g/mol. The number of carbonyl (C=O) groups excluding carboxylic acids is 2. The number of nitrogens with one attached hydrogen (secondary N) is 3. The summed E-state index contributed by atoms with van der Waals surface area (Å²) in [6.45, 7) is 5.60. The van der Waals surface area contributed by atoms with Crippen LogP contribution in [0.25, 0.3) is 0 Å². The van der Waals surface area contributed by atoms with Crippen LogP contribution in [0.3, 0.4) is 0 Å². The molecule has 0 spiro atoms. The third-order valence-corrected chi connectivity index (χ3v) is 4.26. The standard InChI is InChI=1S/C14H21N3O2S.ClH/c1-9(2)12(14(19)16-10-5-6-15-8-10)17-13(18)11-4-3-7-20-11;/h3-4,7,9-10,12,15H,5-6,8H2,1-2H3,(H,16,19)(H,17,18);1H. The molecule has 2 atom stereocenters. The summed E-state index contributed by atoms with van der Waals surface area (Å²) >= 11 is 1.38. The SMILES string of the molecule is CC(C)C(NC(=O)c1cccs1)C(=O)NC1CCNC1.Cl. The maximum Gasteiger partial charge on any atom is 0.262 e. The zero-order valence-corrected chi connectivity index (χ0v) is 13.9. The van der Waals surface area contributed by atoms with Crippen molar-refractivity contribution >= 4 is 35.6 Å². The third kappa shape index (κ3) is 4.98. The molecule has 1 aliphatic heterocycles. The van der Waals surface area contributed by atoms with Gasteiger partial charge in [-0.1, -0.05) is 19.9 Å². The fourth-order valence-electron chi connectivity index (χ4n) is 2.22. The zero-order valence-electron chi connectivity index (χ0n) is 12.2. The second-order valence-corrected chi connectivity index (χ2v) is 6.32. The normalized spacial score (nSPS) is 18.9. The highest BCUT2D eigenvalue weighted by Crippen LogP contribution is 2.10. The Labute approximate surface area is 135 Å². The molecule has 0 radical (unpaired) electrons. The van der Waals surface area contributed by atoms with Crippen molar-refractivity contribution in [1.82, 2.24) is 16.0 Å². The molecule has 1 aromatic heterocycles. The summed E-state index contributed by atoms with van der Waals surface area (Å²) in [6.07, 6.45) is 0.940. The van der Waals surface area contributed by atoms with Crippen molar-refractivity contribution in [3.05, 3.63) is 22.4 Å². The Kier molecular flexibility index (Phi) is 7.14. The Morgan fingerprint density at radius 3 is 2.71 bits per heavy atom. The highest BCUT2D eigenvalue weighted by atomic mass is 35.5. The van der Waals surface area contributed by atoms with Gasteiger partial charge >= 0.3 is 0 Å². The lowest BCUT2D eigenvalue weighted by molar-refractivity contribution is -0.124. The van der Waals surface area contributed by atoms with Crippen molar-refractivity contribution < 1.29 is 9.59 Å². The summed E-state index contributed by atoms with van der Waals surface area (Å²) < 4.78 is 0. The Morgan fingerprint density at radius 2 is 2.19 bits per heavy atom. The largest absolute Gasteiger partial charge is 0.350 e. The lowest BCUT2D eigenvalue weighted by Gasteiger charge is -2.23. The van der Waals surface area contributed by atoms with Gasteiger partial charge in [0.15, 0.2) is 0 Å². The molecule has 0 bridgehead atoms. The molecule has 1 aliphatic rings. The van der Waals surface area contributed by atoms with Crippen molar-refractivity contribution in [3.8, 4) is 0 Å². The maximum atomic E-state index is 12.3. The minimum atomic E-state index is -0.495. The molecule has 5 nitrogen and oxygen atoms in total. The summed E-state index contributed by atoms with van der Waals surface area (Å²) in [5.41, 5.74) is 0. The Balaban J connectivity index is 0.00000220. The Bertz CT molecular complexity index is 459. The lowest BCUT2D eigenvalue weighted by atomic mass is 10.0. The first-order valence-electron chi connectivity index (χ1n) is 6.93. The molecule has 1 fully saturated rings. The molecular weight excluding hydrogens is 310 g/mol. The Hall–Kier alpha value is -1.11. The smallest absolute Gasteiger partial charge is 0.262 e. The molecular formula is C14H22ClN3O2S. The average Bonchev–Trinajstić information content (AvgIpc) is 3.07. The molecule has 0 saturated carbocycles. The lowest BCUT2D eigenvalue weighted by Crippen LogP contribution is -2.52. The molecule has 7 heteroatoms. The number of halogens is 1. The van der Waals surface area contributed by atoms with Crippen molar-refractivity contribution in [3.63, 3.8) is 0 Å². The van der Waals surface area contributed by atoms with Gasteiger partial charge in [0, 0.05) is 12.6 Å². The summed E-state index contributed by atoms with van der Waals surface area (Å²) in [7, 11) is 0. The highest BCUT2D eigenvalue weighted by Gasteiger charge is 2.27. The van der Waals surface area contributed by atoms with Crippen LogP contribution in [0.2, 0.25) is 0 Å². The second-order valence-electron chi connectivity index (χ2n) is 5.37. The van der Waals surface area contributed by atoms with E-state index in [1.165, 1.54) is 11.3 Å². The van der Waals surface area contributed by atoms with Gasteiger partial charge in [-0.3, -0.25) is 9.59 Å². The highest BCUT2D eigenvalue weighted by molar-refractivity contribution is 7.12. The predicted molar refractivity (Wildman–Crippen MR) is 87.1 cm³/mol. The molecule has 1 saturated heterocycles. The zero-order chi connectivity index (χ0) is 14.5. The van der Waals surface area contributed by atoms with E-state index in [1.807, 2.05) is 25.3 Å². The average molecular weight is 332 g/mol. The molecule has 2 amide bonds. The van der Waals surface area contributed by atoms with Gasteiger partial charge in [-0.25, -0.2) is 0 Å². The van der Waals surface area contributed by atoms with Crippen LogP contribution >= 0.6 is 23.7 Å². The first-order valence-corrected chi connectivity index (χ1v) is 7.81. The molecule has 21 heavy (non-hydrogen) atoms. The van der Waals surface area contributed by atoms with E-state index >= 15 is 0 Å². The maximum absolute atomic E-state index is 12.3. The van der Waals surface area contributed by atoms with E-state index in [2.05, 4.69) is 16.0 Å². The van der Waals surface area contributed by atoms with Crippen molar-refractivity contribution in [2.75, 3.05) is 13.1 Å². The van der Waals surface area contributed by atoms with Crippen molar-refractivity contribution in [2.45, 2.75) is 32.4 Å². The van der Waals surface area contributed by atoms with Gasteiger partial charge in [0.05, 0.1) is 4.88 Å². The number of carbonyl (C=O) groups is 2. The molecule has 2 heterocycles. The first-order chi connectivity index (χ1) is 9.58. The van der Waals surface area contributed by atoms with Gasteiger partial charge in [-0.2, -0.15) is 0 Å². The number of amides is 2. The summed E-state index contributed by atoms with van der Waals surface area (Å²) in [5.74, 6) is -0.231. The van der Waals surface area contributed by atoms with Gasteiger partial charge in [-0.05, 0) is 30.3 Å². The van der Waals surface area contributed by atoms with Crippen LogP contribution < -0.4 is 16.0 Å². The predicted octanol–water partition coefficient (Wildman–Crippen LogP) is 1.40. The molecule has 2 rings (SSSR count). The second kappa shape index (κ2) is 8.36. The quantitative estimate of drug-likeness (QED) is 0.764. The van der Waals surface area contributed by atoms with Crippen LogP contribution in [-0.2, 0) is 4.79 Å². The fraction of sp³-hybridized carbons (Fsp3) is 0.571. The van der Waals surface area contributed by atoms with Gasteiger partial charge in [0.2, 0.25) is 5.91 Å². The van der Waals surface area contributed by atoms with Gasteiger partial charge in [0.1, 0.15) is 6.04 Å². The van der Waals surface area contributed by atoms with Crippen LogP contribution in [0.1, 0.15) is 29.9 Å². The Morgan fingerprint density at radius 1 is 1.43 bits per heavy atom. The van der Waals surface area contributed by atoms with Gasteiger partial charge in [0.25, 0.3) is 5.91 Å². The van der Waals surface area contributed by atoms with E-state index in [4.69, 9.17) is 0 Å². The van der Waals surface area contributed by atoms with Crippen LogP contribution in [0, 0.1) is 5.92 Å². The molecule has 118 valence electrons. The topological polar surface area (TPSA) is 70.2 Å². The summed E-state index contributed by atoms with van der Waals surface area (Å²) in [4.78, 5) is 25.0. The van der Waals surface area contributed by atoms with E-state index in [1.54, 1.807) is 6.07 Å². The summed E-state index contributed by atoms with van der Waals surface area (Å²) in [6, 6.07) is 3.26. The number of hydrogen-bond acceptors (Lipinski definition) is 4.